The summed E-state index contributed by atoms with van der Waals surface area (Å²) in [6.45, 7) is 8.34. The third-order valence-electron chi connectivity index (χ3n) is 3.26. The zero-order valence-electron chi connectivity index (χ0n) is 12.4. The summed E-state index contributed by atoms with van der Waals surface area (Å²) in [5.41, 5.74) is 8.99. The Hall–Kier alpha value is -1.26. The number of aromatic nitrogens is 1. The standard InChI is InChI=1S/C16H21FN2S/c1-10(18)13-6-5-12(17)7-11(13)8-15-19-14(9-20-15)16(2,3)4/h5-7,9-10H,8,18H2,1-4H3. The van der Waals surface area contributed by atoms with Gasteiger partial charge in [-0.05, 0) is 30.2 Å². The third-order valence-corrected chi connectivity index (χ3v) is 4.11. The van der Waals surface area contributed by atoms with Crippen molar-refractivity contribution in [3.63, 3.8) is 0 Å². The topological polar surface area (TPSA) is 38.9 Å². The van der Waals surface area contributed by atoms with Crippen LogP contribution in [-0.4, -0.2) is 4.98 Å². The van der Waals surface area contributed by atoms with Crippen LogP contribution < -0.4 is 5.73 Å². The van der Waals surface area contributed by atoms with E-state index >= 15 is 0 Å². The van der Waals surface area contributed by atoms with Crippen molar-refractivity contribution in [3.05, 3.63) is 51.2 Å². The van der Waals surface area contributed by atoms with E-state index in [1.165, 1.54) is 6.07 Å². The van der Waals surface area contributed by atoms with Crippen LogP contribution in [0.25, 0.3) is 0 Å². The van der Waals surface area contributed by atoms with Crippen molar-refractivity contribution >= 4 is 11.3 Å². The average molecular weight is 292 g/mol. The molecule has 0 spiro atoms. The van der Waals surface area contributed by atoms with Crippen molar-refractivity contribution in [3.8, 4) is 0 Å². The van der Waals surface area contributed by atoms with Crippen LogP contribution in [-0.2, 0) is 11.8 Å². The van der Waals surface area contributed by atoms with Crippen LogP contribution in [0.2, 0.25) is 0 Å². The highest BCUT2D eigenvalue weighted by atomic mass is 32.1. The maximum absolute atomic E-state index is 13.4. The predicted molar refractivity (Wildman–Crippen MR) is 82.6 cm³/mol. The normalized spacial score (nSPS) is 13.5. The van der Waals surface area contributed by atoms with Gasteiger partial charge in [0, 0.05) is 23.3 Å². The zero-order valence-corrected chi connectivity index (χ0v) is 13.2. The molecule has 0 radical (unpaired) electrons. The van der Waals surface area contributed by atoms with E-state index in [2.05, 4.69) is 31.1 Å². The smallest absolute Gasteiger partial charge is 0.123 e. The molecule has 2 nitrogen and oxygen atoms in total. The fourth-order valence-corrected chi connectivity index (χ4v) is 3.11. The molecule has 0 aliphatic carbocycles. The summed E-state index contributed by atoms with van der Waals surface area (Å²) in [5, 5.41) is 3.09. The number of nitrogens with zero attached hydrogens (tertiary/aromatic N) is 1. The molecular weight excluding hydrogens is 271 g/mol. The molecule has 1 atom stereocenters. The molecule has 0 amide bonds. The number of rotatable bonds is 3. The summed E-state index contributed by atoms with van der Waals surface area (Å²) in [7, 11) is 0. The highest BCUT2D eigenvalue weighted by Gasteiger charge is 2.18. The Kier molecular flexibility index (Phi) is 4.25. The maximum Gasteiger partial charge on any atom is 0.123 e. The van der Waals surface area contributed by atoms with Crippen molar-refractivity contribution in [1.82, 2.24) is 4.98 Å². The van der Waals surface area contributed by atoms with Crippen LogP contribution in [0.3, 0.4) is 0 Å². The van der Waals surface area contributed by atoms with Crippen molar-refractivity contribution in [1.29, 1.82) is 0 Å². The quantitative estimate of drug-likeness (QED) is 0.921. The molecule has 0 aliphatic rings. The van der Waals surface area contributed by atoms with Gasteiger partial charge >= 0.3 is 0 Å². The van der Waals surface area contributed by atoms with Crippen LogP contribution in [0.15, 0.2) is 23.6 Å². The van der Waals surface area contributed by atoms with Gasteiger partial charge in [0.15, 0.2) is 0 Å². The Bertz CT molecular complexity index is 597. The maximum atomic E-state index is 13.4. The molecule has 1 heterocycles. The number of hydrogen-bond acceptors (Lipinski definition) is 3. The molecule has 108 valence electrons. The summed E-state index contributed by atoms with van der Waals surface area (Å²) in [5.74, 6) is -0.225. The van der Waals surface area contributed by atoms with Gasteiger partial charge in [-0.3, -0.25) is 0 Å². The summed E-state index contributed by atoms with van der Waals surface area (Å²) >= 11 is 1.62. The van der Waals surface area contributed by atoms with E-state index in [-0.39, 0.29) is 17.3 Å². The van der Waals surface area contributed by atoms with E-state index in [9.17, 15) is 4.39 Å². The molecule has 0 saturated heterocycles. The fraction of sp³-hybridized carbons (Fsp3) is 0.438. The van der Waals surface area contributed by atoms with Gasteiger partial charge in [-0.1, -0.05) is 26.8 Å². The van der Waals surface area contributed by atoms with Gasteiger partial charge < -0.3 is 5.73 Å². The molecule has 0 saturated carbocycles. The van der Waals surface area contributed by atoms with E-state index in [1.807, 2.05) is 6.92 Å². The first-order chi connectivity index (χ1) is 9.27. The van der Waals surface area contributed by atoms with Crippen molar-refractivity contribution in [2.75, 3.05) is 0 Å². The lowest BCUT2D eigenvalue weighted by Gasteiger charge is -2.14. The minimum absolute atomic E-state index is 0.0423. The van der Waals surface area contributed by atoms with E-state index in [4.69, 9.17) is 5.73 Å². The van der Waals surface area contributed by atoms with Crippen molar-refractivity contribution in [2.45, 2.75) is 45.6 Å². The number of hydrogen-bond donors (Lipinski definition) is 1. The number of halogens is 1. The second kappa shape index (κ2) is 5.62. The van der Waals surface area contributed by atoms with Crippen LogP contribution in [0.5, 0.6) is 0 Å². The van der Waals surface area contributed by atoms with Gasteiger partial charge in [0.25, 0.3) is 0 Å². The number of nitrogens with two attached hydrogens (primary N) is 1. The summed E-state index contributed by atoms with van der Waals surface area (Å²) in [6, 6.07) is 4.70. The number of benzene rings is 1. The Morgan fingerprint density at radius 1 is 1.35 bits per heavy atom. The number of thiazole rings is 1. The van der Waals surface area contributed by atoms with Gasteiger partial charge in [-0.15, -0.1) is 11.3 Å². The van der Waals surface area contributed by atoms with Crippen LogP contribution in [0, 0.1) is 5.82 Å². The first-order valence-electron chi connectivity index (χ1n) is 6.76. The Labute approximate surface area is 123 Å². The highest BCUT2D eigenvalue weighted by molar-refractivity contribution is 7.09. The van der Waals surface area contributed by atoms with Crippen LogP contribution in [0.1, 0.15) is 55.6 Å². The molecule has 2 rings (SSSR count). The van der Waals surface area contributed by atoms with Gasteiger partial charge in [0.05, 0.1) is 10.7 Å². The van der Waals surface area contributed by atoms with E-state index in [0.717, 1.165) is 21.8 Å². The van der Waals surface area contributed by atoms with E-state index in [1.54, 1.807) is 23.5 Å². The highest BCUT2D eigenvalue weighted by Crippen LogP contribution is 2.27. The summed E-state index contributed by atoms with van der Waals surface area (Å²) in [4.78, 5) is 4.66. The van der Waals surface area contributed by atoms with Crippen LogP contribution >= 0.6 is 11.3 Å². The molecule has 0 aliphatic heterocycles. The second-order valence-electron chi connectivity index (χ2n) is 6.19. The lowest BCUT2D eigenvalue weighted by Crippen LogP contribution is -2.12. The molecule has 1 unspecified atom stereocenters. The van der Waals surface area contributed by atoms with Crippen molar-refractivity contribution < 1.29 is 4.39 Å². The van der Waals surface area contributed by atoms with E-state index < -0.39 is 0 Å². The second-order valence-corrected chi connectivity index (χ2v) is 7.13. The SMILES string of the molecule is CC(N)c1ccc(F)cc1Cc1nc(C(C)(C)C)cs1. The minimum Gasteiger partial charge on any atom is -0.324 e. The minimum atomic E-state index is -0.225. The fourth-order valence-electron chi connectivity index (χ4n) is 2.07. The van der Waals surface area contributed by atoms with E-state index in [0.29, 0.717) is 6.42 Å². The molecule has 1 aromatic heterocycles. The first kappa shape index (κ1) is 15.1. The molecular formula is C16H21FN2S. The van der Waals surface area contributed by atoms with Crippen molar-refractivity contribution in [2.24, 2.45) is 5.73 Å². The molecule has 2 aromatic rings. The monoisotopic (exact) mass is 292 g/mol. The van der Waals surface area contributed by atoms with Gasteiger partial charge in [-0.25, -0.2) is 9.37 Å². The summed E-state index contributed by atoms with van der Waals surface area (Å²) in [6.07, 6.45) is 0.634. The molecule has 0 bridgehead atoms. The molecule has 1 aromatic carbocycles. The summed E-state index contributed by atoms with van der Waals surface area (Å²) < 4.78 is 13.4. The van der Waals surface area contributed by atoms with Gasteiger partial charge in [-0.2, -0.15) is 0 Å². The molecule has 0 fully saturated rings. The first-order valence-corrected chi connectivity index (χ1v) is 7.64. The van der Waals surface area contributed by atoms with Gasteiger partial charge in [0.1, 0.15) is 5.82 Å². The lowest BCUT2D eigenvalue weighted by atomic mass is 9.93. The third kappa shape index (κ3) is 3.44. The Balaban J connectivity index is 2.30. The van der Waals surface area contributed by atoms with Gasteiger partial charge in [0.2, 0.25) is 0 Å². The molecule has 2 N–H and O–H groups in total. The Morgan fingerprint density at radius 3 is 2.60 bits per heavy atom. The Morgan fingerprint density at radius 2 is 2.05 bits per heavy atom. The molecule has 20 heavy (non-hydrogen) atoms. The largest absolute Gasteiger partial charge is 0.324 e. The average Bonchev–Trinajstić information content (AvgIpc) is 2.76. The zero-order chi connectivity index (χ0) is 14.9. The lowest BCUT2D eigenvalue weighted by molar-refractivity contribution is 0.571. The predicted octanol–water partition coefficient (Wildman–Crippen LogP) is 4.19. The molecule has 4 heteroatoms. The van der Waals surface area contributed by atoms with Crippen LogP contribution in [0.4, 0.5) is 4.39 Å².